The summed E-state index contributed by atoms with van der Waals surface area (Å²) in [7, 11) is 0. The maximum absolute atomic E-state index is 12.7. The Labute approximate surface area is 153 Å². The van der Waals surface area contributed by atoms with Gasteiger partial charge in [0.2, 0.25) is 11.1 Å². The molecule has 0 spiro atoms. The Kier molecular flexibility index (Phi) is 4.46. The zero-order valence-corrected chi connectivity index (χ0v) is 15.1. The summed E-state index contributed by atoms with van der Waals surface area (Å²) in [6.07, 6.45) is 2.01. The van der Waals surface area contributed by atoms with Gasteiger partial charge >= 0.3 is 0 Å². The van der Waals surface area contributed by atoms with Crippen molar-refractivity contribution in [2.75, 3.05) is 23.0 Å². The van der Waals surface area contributed by atoms with Crippen molar-refractivity contribution >= 4 is 34.7 Å². The molecule has 0 radical (unpaired) electrons. The highest BCUT2D eigenvalue weighted by atomic mass is 32.2. The van der Waals surface area contributed by atoms with Crippen LogP contribution in [0.15, 0.2) is 46.9 Å². The Balaban J connectivity index is 1.47. The minimum Gasteiger partial charge on any atom is -0.335 e. The molecule has 0 bridgehead atoms. The Morgan fingerprint density at radius 1 is 1.24 bits per heavy atom. The highest BCUT2D eigenvalue weighted by molar-refractivity contribution is 7.99. The van der Waals surface area contributed by atoms with Crippen LogP contribution in [-0.4, -0.2) is 33.1 Å². The van der Waals surface area contributed by atoms with Gasteiger partial charge in [-0.15, -0.1) is 21.5 Å². The largest absolute Gasteiger partial charge is 0.335 e. The number of amides is 1. The van der Waals surface area contributed by atoms with Crippen LogP contribution < -0.4 is 10.7 Å². The summed E-state index contributed by atoms with van der Waals surface area (Å²) in [4.78, 5) is 15.5. The molecule has 6 nitrogen and oxygen atoms in total. The van der Waals surface area contributed by atoms with Crippen LogP contribution in [-0.2, 0) is 11.2 Å². The number of carbonyl (C=O) groups excluding carboxylic acids is 1. The van der Waals surface area contributed by atoms with E-state index in [4.69, 9.17) is 5.84 Å². The number of nitrogens with zero attached hydrogens (tertiary/aromatic N) is 4. The van der Waals surface area contributed by atoms with E-state index in [-0.39, 0.29) is 11.7 Å². The SMILES string of the molecule is Nn1c(SCC(=O)N2CCCc3ccccc32)nnc1-c1cccs1. The Hall–Kier alpha value is -2.32. The number of benzene rings is 1. The fraction of sp³-hybridized carbons (Fsp3) is 0.235. The zero-order chi connectivity index (χ0) is 17.2. The maximum atomic E-state index is 12.7. The number of aryl methyl sites for hydroxylation is 1. The number of thioether (sulfide) groups is 1. The Bertz CT molecular complexity index is 890. The number of hydrogen-bond donors (Lipinski definition) is 1. The average molecular weight is 371 g/mol. The van der Waals surface area contributed by atoms with Gasteiger partial charge in [0.15, 0.2) is 5.82 Å². The first-order valence-electron chi connectivity index (χ1n) is 7.99. The third-order valence-electron chi connectivity index (χ3n) is 4.14. The molecule has 25 heavy (non-hydrogen) atoms. The Morgan fingerprint density at radius 2 is 2.12 bits per heavy atom. The topological polar surface area (TPSA) is 77.0 Å². The number of thiophene rings is 1. The lowest BCUT2D eigenvalue weighted by Crippen LogP contribution is -2.36. The highest BCUT2D eigenvalue weighted by Gasteiger charge is 2.23. The zero-order valence-electron chi connectivity index (χ0n) is 13.5. The molecule has 0 fully saturated rings. The minimum absolute atomic E-state index is 0.0674. The van der Waals surface area contributed by atoms with Crippen LogP contribution in [0.2, 0.25) is 0 Å². The van der Waals surface area contributed by atoms with Gasteiger partial charge in [-0.1, -0.05) is 36.0 Å². The monoisotopic (exact) mass is 371 g/mol. The van der Waals surface area contributed by atoms with Gasteiger partial charge in [-0.25, -0.2) is 4.68 Å². The number of nitrogen functional groups attached to an aromatic ring is 1. The number of hydrogen-bond acceptors (Lipinski definition) is 6. The third kappa shape index (κ3) is 3.14. The van der Waals surface area contributed by atoms with E-state index in [1.807, 2.05) is 40.6 Å². The van der Waals surface area contributed by atoms with Crippen molar-refractivity contribution in [3.63, 3.8) is 0 Å². The van der Waals surface area contributed by atoms with Crippen LogP contribution in [0.1, 0.15) is 12.0 Å². The van der Waals surface area contributed by atoms with Gasteiger partial charge in [0.05, 0.1) is 10.6 Å². The number of carbonyl (C=O) groups is 1. The van der Waals surface area contributed by atoms with Crippen LogP contribution in [0.25, 0.3) is 10.7 Å². The molecule has 3 heterocycles. The summed E-state index contributed by atoms with van der Waals surface area (Å²) in [6, 6.07) is 12.0. The van der Waals surface area contributed by atoms with Gasteiger partial charge in [0.1, 0.15) is 0 Å². The second-order valence-corrected chi connectivity index (χ2v) is 7.61. The van der Waals surface area contributed by atoms with Crippen molar-refractivity contribution < 1.29 is 4.79 Å². The minimum atomic E-state index is 0.0674. The molecule has 2 N–H and O–H groups in total. The summed E-state index contributed by atoms with van der Waals surface area (Å²) in [5.41, 5.74) is 2.25. The van der Waals surface area contributed by atoms with Crippen molar-refractivity contribution in [3.8, 4) is 10.7 Å². The molecular weight excluding hydrogens is 354 g/mol. The van der Waals surface area contributed by atoms with Gasteiger partial charge < -0.3 is 10.7 Å². The number of rotatable bonds is 4. The lowest BCUT2D eigenvalue weighted by Gasteiger charge is -2.29. The molecule has 0 saturated heterocycles. The van der Waals surface area contributed by atoms with Gasteiger partial charge in [-0.05, 0) is 35.9 Å². The summed E-state index contributed by atoms with van der Waals surface area (Å²) in [5, 5.41) is 10.8. The molecule has 0 unspecified atom stereocenters. The van der Waals surface area contributed by atoms with E-state index in [1.54, 1.807) is 11.3 Å². The van der Waals surface area contributed by atoms with Crippen molar-refractivity contribution in [2.24, 2.45) is 0 Å². The predicted octanol–water partition coefficient (Wildman–Crippen LogP) is 2.79. The van der Waals surface area contributed by atoms with Gasteiger partial charge in [0, 0.05) is 12.2 Å². The molecule has 1 aliphatic heterocycles. The fourth-order valence-corrected chi connectivity index (χ4v) is 4.38. The van der Waals surface area contributed by atoms with Gasteiger partial charge in [-0.2, -0.15) is 0 Å². The van der Waals surface area contributed by atoms with E-state index in [0.29, 0.717) is 11.0 Å². The van der Waals surface area contributed by atoms with E-state index in [2.05, 4.69) is 16.3 Å². The van der Waals surface area contributed by atoms with Crippen LogP contribution in [0.3, 0.4) is 0 Å². The highest BCUT2D eigenvalue weighted by Crippen LogP contribution is 2.29. The van der Waals surface area contributed by atoms with Crippen molar-refractivity contribution in [1.82, 2.24) is 14.9 Å². The predicted molar refractivity (Wildman–Crippen MR) is 101 cm³/mol. The fourth-order valence-electron chi connectivity index (χ4n) is 2.95. The van der Waals surface area contributed by atoms with E-state index in [0.717, 1.165) is 30.0 Å². The molecule has 3 aromatic rings. The quantitative estimate of drug-likeness (QED) is 0.564. The van der Waals surface area contributed by atoms with E-state index < -0.39 is 0 Å². The normalized spacial score (nSPS) is 13.7. The van der Waals surface area contributed by atoms with Crippen LogP contribution >= 0.6 is 23.1 Å². The van der Waals surface area contributed by atoms with Crippen molar-refractivity contribution in [3.05, 3.63) is 47.3 Å². The summed E-state index contributed by atoms with van der Waals surface area (Å²) in [6.45, 7) is 0.756. The molecule has 0 saturated carbocycles. The molecule has 1 amide bonds. The summed E-state index contributed by atoms with van der Waals surface area (Å²) < 4.78 is 1.45. The summed E-state index contributed by atoms with van der Waals surface area (Å²) in [5.74, 6) is 7.06. The number of aromatic nitrogens is 3. The lowest BCUT2D eigenvalue weighted by atomic mass is 10.0. The first kappa shape index (κ1) is 16.2. The molecule has 0 aliphatic carbocycles. The smallest absolute Gasteiger partial charge is 0.237 e. The molecule has 1 aliphatic rings. The molecule has 128 valence electrons. The second-order valence-electron chi connectivity index (χ2n) is 5.72. The lowest BCUT2D eigenvalue weighted by molar-refractivity contribution is -0.116. The molecule has 2 aromatic heterocycles. The number of fused-ring (bicyclic) bond motifs is 1. The van der Waals surface area contributed by atoms with Crippen molar-refractivity contribution in [1.29, 1.82) is 0 Å². The van der Waals surface area contributed by atoms with Crippen LogP contribution in [0, 0.1) is 0 Å². The van der Waals surface area contributed by atoms with E-state index in [9.17, 15) is 4.79 Å². The summed E-state index contributed by atoms with van der Waals surface area (Å²) >= 11 is 2.87. The number of anilines is 1. The number of nitrogens with two attached hydrogens (primary N) is 1. The van der Waals surface area contributed by atoms with E-state index >= 15 is 0 Å². The Morgan fingerprint density at radius 3 is 2.96 bits per heavy atom. The van der Waals surface area contributed by atoms with Crippen LogP contribution in [0.4, 0.5) is 5.69 Å². The standard InChI is InChI=1S/C17H17N5OS2/c18-22-16(14-8-4-10-24-14)19-20-17(22)25-11-15(23)21-9-3-6-12-5-1-2-7-13(12)21/h1-2,4-5,7-8,10H,3,6,9,11,18H2. The molecule has 1 aromatic carbocycles. The van der Waals surface area contributed by atoms with Crippen molar-refractivity contribution in [2.45, 2.75) is 18.0 Å². The maximum Gasteiger partial charge on any atom is 0.237 e. The van der Waals surface area contributed by atoms with E-state index in [1.165, 1.54) is 22.0 Å². The molecule has 0 atom stereocenters. The molecule has 8 heteroatoms. The first-order chi connectivity index (χ1) is 12.2. The van der Waals surface area contributed by atoms with Crippen LogP contribution in [0.5, 0.6) is 0 Å². The average Bonchev–Trinajstić information content (AvgIpc) is 3.29. The molecule has 4 rings (SSSR count). The molecular formula is C17H17N5OS2. The third-order valence-corrected chi connectivity index (χ3v) is 5.94. The van der Waals surface area contributed by atoms with Gasteiger partial charge in [0.25, 0.3) is 0 Å². The van der Waals surface area contributed by atoms with Gasteiger partial charge in [-0.3, -0.25) is 4.79 Å². The second kappa shape index (κ2) is 6.89. The number of para-hydroxylation sites is 1. The first-order valence-corrected chi connectivity index (χ1v) is 9.86.